The second-order valence-corrected chi connectivity index (χ2v) is 11.4. The predicted octanol–water partition coefficient (Wildman–Crippen LogP) is 6.31. The van der Waals surface area contributed by atoms with Gasteiger partial charge < -0.3 is 15.0 Å². The summed E-state index contributed by atoms with van der Waals surface area (Å²) in [6, 6.07) is 27.8. The number of fused-ring (bicyclic) bond motifs is 6. The van der Waals surface area contributed by atoms with Crippen LogP contribution >= 0.6 is 15.9 Å². The first-order valence-corrected chi connectivity index (χ1v) is 14.2. The van der Waals surface area contributed by atoms with Crippen LogP contribution < -0.4 is 15.0 Å². The predicted molar refractivity (Wildman–Crippen MR) is 162 cm³/mol. The molecular weight excluding hydrogens is 580 g/mol. The number of nitrogens with one attached hydrogen (secondary N) is 1. The lowest BCUT2D eigenvalue weighted by Gasteiger charge is -2.37. The number of ether oxygens (including phenoxy) is 1. The number of carbonyl (C=O) groups excluding carboxylic acids is 3. The largest absolute Gasteiger partial charge is 0.497 e. The summed E-state index contributed by atoms with van der Waals surface area (Å²) in [6.45, 7) is 0. The van der Waals surface area contributed by atoms with Crippen molar-refractivity contribution in [2.75, 3.05) is 17.3 Å². The molecule has 41 heavy (non-hydrogen) atoms. The molecule has 1 spiro atoms. The van der Waals surface area contributed by atoms with Gasteiger partial charge >= 0.3 is 0 Å². The summed E-state index contributed by atoms with van der Waals surface area (Å²) in [5.74, 6) is -1.17. The number of anilines is 2. The van der Waals surface area contributed by atoms with Crippen LogP contribution in [-0.2, 0) is 10.2 Å². The molecule has 4 atom stereocenters. The number of benzene rings is 4. The number of amides is 1. The van der Waals surface area contributed by atoms with Gasteiger partial charge in [0.05, 0.1) is 19.1 Å². The Balaban J connectivity index is 1.52. The Labute approximate surface area is 245 Å². The van der Waals surface area contributed by atoms with Gasteiger partial charge in [-0.25, -0.2) is 0 Å². The topological polar surface area (TPSA) is 75.7 Å². The molecule has 0 bridgehead atoms. The van der Waals surface area contributed by atoms with Gasteiger partial charge in [-0.3, -0.25) is 14.4 Å². The van der Waals surface area contributed by atoms with Crippen LogP contribution in [0.25, 0.3) is 6.08 Å². The number of halogens is 1. The first-order valence-electron chi connectivity index (χ1n) is 13.4. The van der Waals surface area contributed by atoms with Crippen molar-refractivity contribution in [2.45, 2.75) is 17.5 Å². The van der Waals surface area contributed by atoms with Crippen LogP contribution in [-0.4, -0.2) is 36.7 Å². The van der Waals surface area contributed by atoms with Crippen molar-refractivity contribution in [3.8, 4) is 5.75 Å². The minimum Gasteiger partial charge on any atom is -0.497 e. The number of hydrogen-bond acceptors (Lipinski definition) is 5. The van der Waals surface area contributed by atoms with E-state index in [9.17, 15) is 14.4 Å². The van der Waals surface area contributed by atoms with Crippen molar-refractivity contribution in [1.29, 1.82) is 0 Å². The van der Waals surface area contributed by atoms with Gasteiger partial charge in [-0.05, 0) is 59.7 Å². The average molecular weight is 605 g/mol. The summed E-state index contributed by atoms with van der Waals surface area (Å²) in [7, 11) is 1.57. The van der Waals surface area contributed by atoms with Crippen molar-refractivity contribution in [3.63, 3.8) is 0 Å². The fourth-order valence-electron chi connectivity index (χ4n) is 6.84. The number of para-hydroxylation sites is 2. The Hall–Kier alpha value is -4.49. The Kier molecular flexibility index (Phi) is 5.94. The number of rotatable bonds is 5. The van der Waals surface area contributed by atoms with E-state index in [1.54, 1.807) is 43.5 Å². The maximum Gasteiger partial charge on any atom is 0.238 e. The smallest absolute Gasteiger partial charge is 0.238 e. The maximum absolute atomic E-state index is 14.8. The molecule has 3 heterocycles. The monoisotopic (exact) mass is 604 g/mol. The zero-order valence-corrected chi connectivity index (χ0v) is 23.7. The molecule has 4 aromatic rings. The van der Waals surface area contributed by atoms with Crippen LogP contribution in [0, 0.1) is 5.92 Å². The Morgan fingerprint density at radius 2 is 1.51 bits per heavy atom. The molecule has 202 valence electrons. The van der Waals surface area contributed by atoms with E-state index in [0.29, 0.717) is 22.6 Å². The van der Waals surface area contributed by atoms with E-state index >= 15 is 0 Å². The summed E-state index contributed by atoms with van der Waals surface area (Å²) in [4.78, 5) is 45.8. The molecule has 7 heteroatoms. The van der Waals surface area contributed by atoms with Gasteiger partial charge in [-0.15, -0.1) is 0 Å². The van der Waals surface area contributed by atoms with E-state index in [2.05, 4.69) is 21.2 Å². The van der Waals surface area contributed by atoms with Gasteiger partial charge in [0, 0.05) is 27.0 Å². The van der Waals surface area contributed by atoms with Gasteiger partial charge in [0.15, 0.2) is 11.6 Å². The summed E-state index contributed by atoms with van der Waals surface area (Å²) >= 11 is 3.46. The Bertz CT molecular complexity index is 1750. The lowest BCUT2D eigenvalue weighted by Crippen LogP contribution is -2.51. The number of hydrogen-bond donors (Lipinski definition) is 1. The van der Waals surface area contributed by atoms with Crippen LogP contribution in [0.2, 0.25) is 0 Å². The fourth-order valence-corrected chi connectivity index (χ4v) is 7.10. The molecule has 3 aliphatic rings. The summed E-state index contributed by atoms with van der Waals surface area (Å²) in [5.41, 5.74) is 2.68. The zero-order valence-electron chi connectivity index (χ0n) is 22.1. The highest BCUT2D eigenvalue weighted by Gasteiger charge is 2.70. The average Bonchev–Trinajstić information content (AvgIpc) is 3.49. The van der Waals surface area contributed by atoms with Crippen LogP contribution in [0.5, 0.6) is 5.75 Å². The van der Waals surface area contributed by atoms with Gasteiger partial charge in [0.2, 0.25) is 5.91 Å². The molecule has 0 radical (unpaired) electrons. The summed E-state index contributed by atoms with van der Waals surface area (Å²) in [6.07, 6.45) is 3.97. The Morgan fingerprint density at radius 3 is 2.27 bits per heavy atom. The van der Waals surface area contributed by atoms with Crippen LogP contribution in [0.4, 0.5) is 11.4 Å². The van der Waals surface area contributed by atoms with E-state index in [-0.39, 0.29) is 17.5 Å². The minimum atomic E-state index is -1.34. The highest BCUT2D eigenvalue weighted by molar-refractivity contribution is 9.10. The molecule has 0 unspecified atom stereocenters. The van der Waals surface area contributed by atoms with Gasteiger partial charge in [-0.1, -0.05) is 76.6 Å². The third-order valence-corrected chi connectivity index (χ3v) is 9.12. The Morgan fingerprint density at radius 1 is 0.854 bits per heavy atom. The van der Waals surface area contributed by atoms with E-state index in [4.69, 9.17) is 4.74 Å². The fraction of sp³-hybridized carbons (Fsp3) is 0.147. The van der Waals surface area contributed by atoms with Crippen molar-refractivity contribution < 1.29 is 19.1 Å². The molecule has 7 rings (SSSR count). The summed E-state index contributed by atoms with van der Waals surface area (Å²) in [5, 5.41) is 3.06. The van der Waals surface area contributed by atoms with E-state index < -0.39 is 23.4 Å². The molecule has 0 aromatic heterocycles. The number of carbonyl (C=O) groups is 3. The van der Waals surface area contributed by atoms with Crippen LogP contribution in [0.1, 0.15) is 31.8 Å². The van der Waals surface area contributed by atoms with Crippen molar-refractivity contribution >= 4 is 50.9 Å². The van der Waals surface area contributed by atoms with Crippen LogP contribution in [0.3, 0.4) is 0 Å². The molecule has 1 N–H and O–H groups in total. The standard InChI is InChI=1S/C34H25BrN2O4/c1-41-24-17-12-21(13-18-24)31(38)29-30(32(39)22-10-15-23(35)16-11-22)37-27-9-5-2-6-20(27)14-19-28(37)34(29)25-7-3-4-8-26(25)36-33(34)40/h2-19,28-30H,1H3,(H,36,40)/t28-,29-,30-,34+/m1/s1. The molecule has 1 amide bonds. The van der Waals surface area contributed by atoms with Gasteiger partial charge in [-0.2, -0.15) is 0 Å². The van der Waals surface area contributed by atoms with Crippen molar-refractivity contribution in [2.24, 2.45) is 5.92 Å². The first-order chi connectivity index (χ1) is 19.9. The molecule has 1 saturated heterocycles. The molecular formula is C34H25BrN2O4. The quantitative estimate of drug-likeness (QED) is 0.270. The normalized spacial score (nSPS) is 23.5. The third-order valence-electron chi connectivity index (χ3n) is 8.60. The highest BCUT2D eigenvalue weighted by Crippen LogP contribution is 2.58. The second kappa shape index (κ2) is 9.56. The molecule has 0 aliphatic carbocycles. The molecule has 4 aromatic carbocycles. The van der Waals surface area contributed by atoms with Gasteiger partial charge in [0.25, 0.3) is 0 Å². The highest BCUT2D eigenvalue weighted by atomic mass is 79.9. The zero-order chi connectivity index (χ0) is 28.3. The molecule has 1 fully saturated rings. The third kappa shape index (κ3) is 3.65. The SMILES string of the molecule is COc1ccc(C(=O)[C@H]2[C@H](C(=O)c3ccc(Br)cc3)N3c4ccccc4C=C[C@@H]3[C@]23C(=O)Nc2ccccc23)cc1. The number of methoxy groups -OCH3 is 1. The van der Waals surface area contributed by atoms with Crippen LogP contribution in [0.15, 0.2) is 108 Å². The van der Waals surface area contributed by atoms with Crippen molar-refractivity contribution in [1.82, 2.24) is 0 Å². The number of ketones is 2. The summed E-state index contributed by atoms with van der Waals surface area (Å²) < 4.78 is 6.17. The first kappa shape index (κ1) is 25.5. The number of nitrogens with zero attached hydrogens (tertiary/aromatic N) is 1. The minimum absolute atomic E-state index is 0.214. The maximum atomic E-state index is 14.8. The molecule has 0 saturated carbocycles. The molecule has 3 aliphatic heterocycles. The van der Waals surface area contributed by atoms with Gasteiger partial charge in [0.1, 0.15) is 17.2 Å². The lowest BCUT2D eigenvalue weighted by atomic mass is 9.64. The van der Waals surface area contributed by atoms with Crippen molar-refractivity contribution in [3.05, 3.63) is 130 Å². The van der Waals surface area contributed by atoms with E-state index in [1.807, 2.05) is 77.7 Å². The second-order valence-electron chi connectivity index (χ2n) is 10.5. The molecule has 6 nitrogen and oxygen atoms in total. The van der Waals surface area contributed by atoms with E-state index in [0.717, 1.165) is 21.3 Å². The lowest BCUT2D eigenvalue weighted by molar-refractivity contribution is -0.121. The number of Topliss-reactive ketones (excluding diaryl/α,β-unsaturated/α-hetero) is 2. The van der Waals surface area contributed by atoms with E-state index in [1.165, 1.54) is 0 Å².